The zero-order valence-electron chi connectivity index (χ0n) is 7.45. The van der Waals surface area contributed by atoms with E-state index in [-0.39, 0.29) is 0 Å². The molecule has 0 fully saturated rings. The number of halogens is 1. The molecular weight excluding hydrogens is 238 g/mol. The molecule has 0 bridgehead atoms. The van der Waals surface area contributed by atoms with E-state index in [0.717, 1.165) is 27.3 Å². The number of rotatable bonds is 3. The molecular formula is C8H8ClN3S2. The number of aromatic nitrogens is 2. The quantitative estimate of drug-likeness (QED) is 0.901. The lowest BCUT2D eigenvalue weighted by Gasteiger charge is -1.98. The fraction of sp³-hybridized carbons (Fsp3) is 0.250. The number of anilines is 1. The molecule has 0 aliphatic carbocycles. The molecule has 1 N–H and O–H groups in total. The van der Waals surface area contributed by atoms with Gasteiger partial charge in [-0.15, -0.1) is 11.3 Å². The molecule has 0 unspecified atom stereocenters. The highest BCUT2D eigenvalue weighted by Gasteiger charge is 2.11. The van der Waals surface area contributed by atoms with Crippen molar-refractivity contribution in [1.82, 2.24) is 8.75 Å². The third kappa shape index (κ3) is 1.89. The molecule has 2 rings (SSSR count). The van der Waals surface area contributed by atoms with Gasteiger partial charge in [-0.2, -0.15) is 8.75 Å². The van der Waals surface area contributed by atoms with E-state index < -0.39 is 0 Å². The minimum Gasteiger partial charge on any atom is -0.368 e. The maximum atomic E-state index is 5.86. The zero-order chi connectivity index (χ0) is 9.97. The molecule has 0 saturated heterocycles. The number of thiophene rings is 1. The first-order valence-electron chi connectivity index (χ1n) is 4.13. The molecule has 2 aromatic heterocycles. The fourth-order valence-electron chi connectivity index (χ4n) is 1.08. The van der Waals surface area contributed by atoms with Gasteiger partial charge in [0.05, 0.1) is 20.9 Å². The molecule has 2 aromatic rings. The SMILES string of the molecule is CCNc1nsnc1-c1ccc(Cl)s1. The highest BCUT2D eigenvalue weighted by molar-refractivity contribution is 7.19. The maximum absolute atomic E-state index is 5.86. The second-order valence-corrected chi connectivity index (χ2v) is 4.84. The standard InChI is InChI=1S/C8H8ClN3S2/c1-2-10-8-7(11-14-12-8)5-3-4-6(9)13-5/h3-4H,2H2,1H3,(H,10,12). The predicted molar refractivity (Wildman–Crippen MR) is 62.4 cm³/mol. The molecule has 0 atom stereocenters. The van der Waals surface area contributed by atoms with E-state index in [9.17, 15) is 0 Å². The van der Waals surface area contributed by atoms with E-state index in [1.54, 1.807) is 0 Å². The minimum absolute atomic E-state index is 0.774. The van der Waals surface area contributed by atoms with Crippen molar-refractivity contribution in [2.75, 3.05) is 11.9 Å². The van der Waals surface area contributed by atoms with Gasteiger partial charge >= 0.3 is 0 Å². The van der Waals surface area contributed by atoms with Crippen LogP contribution in [0.2, 0.25) is 4.34 Å². The average Bonchev–Trinajstić information content (AvgIpc) is 2.74. The van der Waals surface area contributed by atoms with E-state index in [2.05, 4.69) is 14.1 Å². The van der Waals surface area contributed by atoms with Gasteiger partial charge < -0.3 is 5.32 Å². The van der Waals surface area contributed by atoms with E-state index in [4.69, 9.17) is 11.6 Å². The molecule has 0 aliphatic heterocycles. The Kier molecular flexibility index (Phi) is 3.00. The molecule has 0 radical (unpaired) electrons. The van der Waals surface area contributed by atoms with Crippen molar-refractivity contribution in [3.63, 3.8) is 0 Å². The summed E-state index contributed by atoms with van der Waals surface area (Å²) in [4.78, 5) is 1.06. The van der Waals surface area contributed by atoms with Crippen LogP contribution in [-0.4, -0.2) is 15.3 Å². The fourth-order valence-corrected chi connectivity index (χ4v) is 2.71. The number of nitrogens with zero attached hydrogens (tertiary/aromatic N) is 2. The monoisotopic (exact) mass is 245 g/mol. The predicted octanol–water partition coefficient (Wildman–Crippen LogP) is 3.35. The van der Waals surface area contributed by atoms with Gasteiger partial charge in [-0.25, -0.2) is 0 Å². The van der Waals surface area contributed by atoms with Crippen molar-refractivity contribution in [1.29, 1.82) is 0 Å². The molecule has 0 amide bonds. The van der Waals surface area contributed by atoms with Gasteiger partial charge in [-0.3, -0.25) is 0 Å². The van der Waals surface area contributed by atoms with E-state index >= 15 is 0 Å². The van der Waals surface area contributed by atoms with E-state index in [0.29, 0.717) is 0 Å². The Hall–Kier alpha value is -0.650. The first-order chi connectivity index (χ1) is 6.81. The van der Waals surface area contributed by atoms with Gasteiger partial charge in [0.2, 0.25) is 0 Å². The summed E-state index contributed by atoms with van der Waals surface area (Å²) in [5.74, 6) is 0.844. The number of hydrogen-bond acceptors (Lipinski definition) is 5. The molecule has 74 valence electrons. The third-order valence-corrected chi connectivity index (χ3v) is 3.41. The van der Waals surface area contributed by atoms with Gasteiger partial charge in [-0.1, -0.05) is 11.6 Å². The third-order valence-electron chi connectivity index (χ3n) is 1.64. The van der Waals surface area contributed by atoms with Crippen molar-refractivity contribution < 1.29 is 0 Å². The molecule has 0 aromatic carbocycles. The largest absolute Gasteiger partial charge is 0.368 e. The Morgan fingerprint density at radius 3 is 2.93 bits per heavy atom. The second-order valence-electron chi connectivity index (χ2n) is 2.60. The average molecular weight is 246 g/mol. The maximum Gasteiger partial charge on any atom is 0.168 e. The summed E-state index contributed by atoms with van der Waals surface area (Å²) in [6, 6.07) is 3.83. The van der Waals surface area contributed by atoms with Crippen molar-refractivity contribution in [2.45, 2.75) is 6.92 Å². The van der Waals surface area contributed by atoms with Crippen molar-refractivity contribution >= 4 is 40.5 Å². The van der Waals surface area contributed by atoms with Gasteiger partial charge in [0.1, 0.15) is 5.69 Å². The zero-order valence-corrected chi connectivity index (χ0v) is 9.84. The number of hydrogen-bond donors (Lipinski definition) is 1. The molecule has 14 heavy (non-hydrogen) atoms. The summed E-state index contributed by atoms with van der Waals surface area (Å²) in [6.07, 6.45) is 0. The minimum atomic E-state index is 0.774. The summed E-state index contributed by atoms with van der Waals surface area (Å²) in [6.45, 7) is 2.88. The molecule has 6 heteroatoms. The topological polar surface area (TPSA) is 37.8 Å². The van der Waals surface area contributed by atoms with Crippen molar-refractivity contribution in [2.24, 2.45) is 0 Å². The molecule has 0 spiro atoms. The van der Waals surface area contributed by atoms with Crippen LogP contribution < -0.4 is 5.32 Å². The smallest absolute Gasteiger partial charge is 0.168 e. The summed E-state index contributed by atoms with van der Waals surface area (Å²) < 4.78 is 9.19. The lowest BCUT2D eigenvalue weighted by Crippen LogP contribution is -1.97. The van der Waals surface area contributed by atoms with Crippen LogP contribution in [0.25, 0.3) is 10.6 Å². The summed E-state index contributed by atoms with van der Waals surface area (Å²) in [7, 11) is 0. The van der Waals surface area contributed by atoms with E-state index in [1.807, 2.05) is 19.1 Å². The molecule has 3 nitrogen and oxygen atoms in total. The Morgan fingerprint density at radius 1 is 1.43 bits per heavy atom. The number of nitrogens with one attached hydrogen (secondary N) is 1. The van der Waals surface area contributed by atoms with Crippen LogP contribution in [0.3, 0.4) is 0 Å². The second kappa shape index (κ2) is 4.25. The molecule has 0 aliphatic rings. The molecule has 0 saturated carbocycles. The van der Waals surface area contributed by atoms with Crippen LogP contribution >= 0.6 is 34.7 Å². The van der Waals surface area contributed by atoms with Crippen LogP contribution in [0, 0.1) is 0 Å². The van der Waals surface area contributed by atoms with Gasteiger partial charge in [0.15, 0.2) is 5.82 Å². The summed E-state index contributed by atoms with van der Waals surface area (Å²) in [5, 5.41) is 3.16. The first-order valence-corrected chi connectivity index (χ1v) is 6.06. The first kappa shape index (κ1) is 9.89. The van der Waals surface area contributed by atoms with E-state index in [1.165, 1.54) is 23.1 Å². The summed E-state index contributed by atoms with van der Waals surface area (Å²) in [5.41, 5.74) is 0.897. The Morgan fingerprint density at radius 2 is 2.29 bits per heavy atom. The lowest BCUT2D eigenvalue weighted by atomic mass is 10.3. The van der Waals surface area contributed by atoms with Gasteiger partial charge in [0, 0.05) is 6.54 Å². The highest BCUT2D eigenvalue weighted by Crippen LogP contribution is 2.33. The van der Waals surface area contributed by atoms with Gasteiger partial charge in [0.25, 0.3) is 0 Å². The highest BCUT2D eigenvalue weighted by atomic mass is 35.5. The Balaban J connectivity index is 2.36. The molecule has 2 heterocycles. The van der Waals surface area contributed by atoms with Gasteiger partial charge in [-0.05, 0) is 19.1 Å². The Bertz CT molecular complexity index is 424. The summed E-state index contributed by atoms with van der Waals surface area (Å²) >= 11 is 8.59. The Labute approximate surface area is 95.1 Å². The van der Waals surface area contributed by atoms with Crippen LogP contribution in [-0.2, 0) is 0 Å². The van der Waals surface area contributed by atoms with Crippen LogP contribution in [0.4, 0.5) is 5.82 Å². The van der Waals surface area contributed by atoms with Crippen LogP contribution in [0.5, 0.6) is 0 Å². The van der Waals surface area contributed by atoms with Crippen molar-refractivity contribution in [3.05, 3.63) is 16.5 Å². The van der Waals surface area contributed by atoms with Crippen LogP contribution in [0.1, 0.15) is 6.92 Å². The van der Waals surface area contributed by atoms with Crippen molar-refractivity contribution in [3.8, 4) is 10.6 Å². The normalized spacial score (nSPS) is 10.4. The van der Waals surface area contributed by atoms with Crippen LogP contribution in [0.15, 0.2) is 12.1 Å². The lowest BCUT2D eigenvalue weighted by molar-refractivity contribution is 1.19.